The lowest BCUT2D eigenvalue weighted by atomic mass is 9.94. The van der Waals surface area contributed by atoms with Gasteiger partial charge >= 0.3 is 0 Å². The van der Waals surface area contributed by atoms with Crippen LogP contribution in [0.2, 0.25) is 0 Å². The summed E-state index contributed by atoms with van der Waals surface area (Å²) in [7, 11) is -20.6. The highest BCUT2D eigenvalue weighted by Gasteiger charge is 2.35. The average Bonchev–Trinajstić information content (AvgIpc) is 3.20. The van der Waals surface area contributed by atoms with Crippen LogP contribution in [0.5, 0.6) is 5.75 Å². The van der Waals surface area contributed by atoms with Gasteiger partial charge in [-0.25, -0.2) is 22.1 Å². The number of allylic oxidation sites excluding steroid dienone is 2. The van der Waals surface area contributed by atoms with Crippen molar-refractivity contribution in [3.05, 3.63) is 60.7 Å². The molecule has 0 aliphatic carbocycles. The molecule has 4 aromatic carbocycles. The molecule has 0 amide bonds. The molecule has 2 atom stereocenters. The third kappa shape index (κ3) is 13.9. The molecule has 4 aromatic rings. The fourth-order valence-corrected chi connectivity index (χ4v) is 12.1. The molecule has 0 spiro atoms. The number of hydrogen-bond acceptors (Lipinski definition) is 17. The minimum Gasteiger partial charge on any atom is -0.507 e. The number of benzene rings is 4. The minimum absolute atomic E-state index is 0.0702. The number of ketones is 4. The molecule has 4 rings (SSSR count). The largest absolute Gasteiger partial charge is 0.507 e. The summed E-state index contributed by atoms with van der Waals surface area (Å²) in [6, 6.07) is 2.04. The summed E-state index contributed by atoms with van der Waals surface area (Å²) in [5.74, 6) is -4.80. The van der Waals surface area contributed by atoms with E-state index in [4.69, 9.17) is 5.26 Å². The minimum atomic E-state index is -5.27. The van der Waals surface area contributed by atoms with Crippen LogP contribution < -0.4 is 9.44 Å². The lowest BCUT2D eigenvalue weighted by molar-refractivity contribution is -0.432. The Morgan fingerprint density at radius 2 is 1.05 bits per heavy atom. The quantitative estimate of drug-likeness (QED) is 0.00782. The number of Topliss-reactive ketones (excluding diaryl/α,β-unsaturated/α-hetero) is 4. The number of aromatic hydroxyl groups is 1. The van der Waals surface area contributed by atoms with E-state index in [-0.39, 0.29) is 82.4 Å². The second-order valence-corrected chi connectivity index (χ2v) is 22.3. The maximum atomic E-state index is 14.5. The maximum Gasteiger partial charge on any atom is 0.295 e. The first-order valence-corrected chi connectivity index (χ1v) is 26.6. The predicted molar refractivity (Wildman–Crippen MR) is 239 cm³/mol. The Hall–Kier alpha value is -4.25. The number of rotatable bonds is 29. The molecule has 25 heteroatoms. The lowest BCUT2D eigenvalue weighted by Gasteiger charge is -2.22. The molecule has 65 heavy (non-hydrogen) atoms. The summed E-state index contributed by atoms with van der Waals surface area (Å²) in [5.41, 5.74) is 0.681. The van der Waals surface area contributed by atoms with Crippen LogP contribution in [-0.2, 0) is 68.8 Å². The van der Waals surface area contributed by atoms with Gasteiger partial charge in [-0.15, -0.1) is 4.33 Å². The van der Waals surface area contributed by atoms with E-state index in [0.717, 1.165) is 24.3 Å². The van der Waals surface area contributed by atoms with Crippen LogP contribution in [0.15, 0.2) is 75.4 Å². The zero-order valence-corrected chi connectivity index (χ0v) is 39.1. The topological polar surface area (TPSA) is 328 Å². The molecule has 0 aliphatic heterocycles. The van der Waals surface area contributed by atoms with E-state index in [1.165, 1.54) is 13.0 Å². The van der Waals surface area contributed by atoms with Gasteiger partial charge in [0.15, 0.2) is 23.1 Å². The third-order valence-corrected chi connectivity index (χ3v) is 15.6. The molecule has 0 heterocycles. The Morgan fingerprint density at radius 3 is 1.49 bits per heavy atom. The van der Waals surface area contributed by atoms with Gasteiger partial charge in [-0.3, -0.25) is 28.3 Å². The van der Waals surface area contributed by atoms with Gasteiger partial charge in [-0.05, 0) is 62.8 Å². The van der Waals surface area contributed by atoms with Gasteiger partial charge in [0, 0.05) is 81.9 Å². The molecule has 0 aromatic heterocycles. The van der Waals surface area contributed by atoms with Crippen LogP contribution in [-0.4, -0.2) is 99.9 Å². The van der Waals surface area contributed by atoms with Crippen molar-refractivity contribution in [1.82, 2.24) is 9.44 Å². The Morgan fingerprint density at radius 1 is 0.631 bits per heavy atom. The highest BCUT2D eigenvalue weighted by Crippen LogP contribution is 2.45. The van der Waals surface area contributed by atoms with Crippen molar-refractivity contribution in [2.75, 3.05) is 11.5 Å². The van der Waals surface area contributed by atoms with Crippen molar-refractivity contribution in [1.29, 1.82) is 0 Å². The van der Waals surface area contributed by atoms with Gasteiger partial charge < -0.3 is 5.11 Å². The van der Waals surface area contributed by atoms with Crippen molar-refractivity contribution in [3.8, 4) is 5.75 Å². The first-order valence-electron chi connectivity index (χ1n) is 19.7. The molecule has 0 saturated carbocycles. The monoisotopic (exact) mass is 1000 g/mol. The standard InChI is InChI=1S/C40H48N2O18S5/c1-23(2)31(43)11-7-5-9-13-33(45)29(21-61-60-59-48)41-63(52,53)36-20-37(26-16-15-25-35(47)19-38(65(56,57)58)28-18-17-27(36)40(26)39(25)28)64(54,55)42-30(22-62(49,50)51)34(46)14-10-6-8-12-32(44)24(3)4/h15-20,29-30,41-42,47-48H,1,3,5-14,21-22H2,2,4H3,(H,49,50,51)(H,56,57,58). The molecule has 0 bridgehead atoms. The zero-order chi connectivity index (χ0) is 48.7. The van der Waals surface area contributed by atoms with E-state index in [1.807, 2.05) is 4.72 Å². The van der Waals surface area contributed by atoms with E-state index < -0.39 is 102 Å². The number of sulfonamides is 2. The van der Waals surface area contributed by atoms with Gasteiger partial charge in [-0.2, -0.15) is 26.3 Å². The van der Waals surface area contributed by atoms with Gasteiger partial charge in [0.05, 0.1) is 27.6 Å². The Balaban J connectivity index is 1.88. The first-order chi connectivity index (χ1) is 30.2. The smallest absolute Gasteiger partial charge is 0.295 e. The molecule has 0 saturated heterocycles. The number of hydrogen-bond donors (Lipinski definition) is 6. The van der Waals surface area contributed by atoms with Crippen molar-refractivity contribution < 1.29 is 81.7 Å². The normalized spacial score (nSPS) is 13.6. The highest BCUT2D eigenvalue weighted by molar-refractivity contribution is 7.94. The van der Waals surface area contributed by atoms with Crippen LogP contribution >= 0.6 is 12.0 Å². The molecule has 2 unspecified atom stereocenters. The third-order valence-electron chi connectivity index (χ3n) is 10.3. The zero-order valence-electron chi connectivity index (χ0n) is 35.1. The molecule has 20 nitrogen and oxygen atoms in total. The van der Waals surface area contributed by atoms with Gasteiger partial charge in [0.2, 0.25) is 20.0 Å². The van der Waals surface area contributed by atoms with Gasteiger partial charge in [-0.1, -0.05) is 49.2 Å². The highest BCUT2D eigenvalue weighted by atomic mass is 32.2. The first kappa shape index (κ1) is 53.4. The molecule has 0 radical (unpaired) electrons. The van der Waals surface area contributed by atoms with E-state index in [2.05, 4.69) is 27.3 Å². The Bertz CT molecular complexity index is 2970. The second-order valence-electron chi connectivity index (χ2n) is 15.3. The van der Waals surface area contributed by atoms with E-state index >= 15 is 0 Å². The van der Waals surface area contributed by atoms with E-state index in [9.17, 15) is 67.1 Å². The maximum absolute atomic E-state index is 14.5. The number of unbranched alkanes of at least 4 members (excludes halogenated alkanes) is 4. The summed E-state index contributed by atoms with van der Waals surface area (Å²) in [5, 5.41) is 21.6. The van der Waals surface area contributed by atoms with Crippen LogP contribution in [0, 0.1) is 0 Å². The fraction of sp³-hybridized carbons (Fsp3) is 0.400. The Kier molecular flexibility index (Phi) is 18.1. The molecule has 0 aliphatic rings. The number of nitrogens with one attached hydrogen (secondary N) is 2. The Labute approximate surface area is 379 Å². The van der Waals surface area contributed by atoms with Crippen LogP contribution in [0.3, 0.4) is 0 Å². The molecule has 6 N–H and O–H groups in total. The van der Waals surface area contributed by atoms with Crippen molar-refractivity contribution in [3.63, 3.8) is 0 Å². The lowest BCUT2D eigenvalue weighted by Crippen LogP contribution is -2.45. The van der Waals surface area contributed by atoms with Gasteiger partial charge in [0.1, 0.15) is 10.6 Å². The number of carbonyl (C=O) groups excluding carboxylic acids is 4. The van der Waals surface area contributed by atoms with Gasteiger partial charge in [0.25, 0.3) is 20.2 Å². The van der Waals surface area contributed by atoms with Crippen LogP contribution in [0.4, 0.5) is 0 Å². The summed E-state index contributed by atoms with van der Waals surface area (Å²) in [6.45, 7) is 10.2. The van der Waals surface area contributed by atoms with Crippen molar-refractivity contribution >= 4 is 108 Å². The summed E-state index contributed by atoms with van der Waals surface area (Å²) < 4.78 is 136. The summed E-state index contributed by atoms with van der Waals surface area (Å²) in [4.78, 5) is 48.2. The molecule has 0 fully saturated rings. The predicted octanol–water partition coefficient (Wildman–Crippen LogP) is 5.12. The van der Waals surface area contributed by atoms with Crippen molar-refractivity contribution in [2.24, 2.45) is 0 Å². The van der Waals surface area contributed by atoms with Crippen LogP contribution in [0.25, 0.3) is 32.3 Å². The molecular formula is C40H48N2O18S5. The molecule has 356 valence electrons. The number of carbonyl (C=O) groups is 4. The SMILES string of the molecule is C=C(C)C(=O)CCCCCC(=O)C(CSOOO)NS(=O)(=O)c1cc(S(=O)(=O)NC(CS(=O)(=O)O)C(=O)CCCCCC(=O)C(=C)C)c2ccc3c(O)cc(S(=O)(=O)O)c4ccc1c2c34. The summed E-state index contributed by atoms with van der Waals surface area (Å²) >= 11 is 0.315. The average molecular weight is 1010 g/mol. The van der Waals surface area contributed by atoms with Crippen LogP contribution in [0.1, 0.15) is 78.1 Å². The van der Waals surface area contributed by atoms with Crippen molar-refractivity contribution in [2.45, 2.75) is 105 Å². The van der Waals surface area contributed by atoms with E-state index in [0.29, 0.717) is 48.5 Å². The summed E-state index contributed by atoms with van der Waals surface area (Å²) in [6.07, 6.45) is 1.28. The fourth-order valence-electron chi connectivity index (χ4n) is 7.05. The number of phenols is 1. The number of phenolic OH excluding ortho intramolecular Hbond substituents is 1. The molecular weight excluding hydrogens is 957 g/mol. The second kappa shape index (κ2) is 22.0. The van der Waals surface area contributed by atoms with E-state index in [1.54, 1.807) is 6.92 Å².